The summed E-state index contributed by atoms with van der Waals surface area (Å²) in [4.78, 5) is 21.9. The summed E-state index contributed by atoms with van der Waals surface area (Å²) in [5.74, 6) is -2.80. The molecule has 2 N–H and O–H groups in total. The molecule has 0 aromatic heterocycles. The van der Waals surface area contributed by atoms with Crippen LogP contribution in [0.15, 0.2) is 18.2 Å². The average Bonchev–Trinajstić information content (AvgIpc) is 2.26. The number of hydrogen-bond donors (Lipinski definition) is 2. The number of carboxylic acid groups (broad SMARTS) is 1. The summed E-state index contributed by atoms with van der Waals surface area (Å²) in [6, 6.07) is 4.89. The molecule has 0 fully saturated rings. The highest BCUT2D eigenvalue weighted by Crippen LogP contribution is 2.20. The summed E-state index contributed by atoms with van der Waals surface area (Å²) in [6.45, 7) is 1.49. The number of rotatable bonds is 4. The highest BCUT2D eigenvalue weighted by Gasteiger charge is 2.19. The van der Waals surface area contributed by atoms with Gasteiger partial charge in [0.25, 0.3) is 0 Å². The van der Waals surface area contributed by atoms with Crippen LogP contribution in [0.5, 0.6) is 0 Å². The Labute approximate surface area is 109 Å². The zero-order valence-electron chi connectivity index (χ0n) is 9.04. The van der Waals surface area contributed by atoms with Gasteiger partial charge in [-0.1, -0.05) is 29.3 Å². The van der Waals surface area contributed by atoms with E-state index in [-0.39, 0.29) is 6.54 Å². The number of hydrogen-bond acceptors (Lipinski definition) is 2. The SMILES string of the molecule is CC(C(=O)O)C(=O)NCc1ccc(Cl)cc1Cl. The normalized spacial score (nSPS) is 11.9. The third kappa shape index (κ3) is 3.91. The first kappa shape index (κ1) is 13.8. The largest absolute Gasteiger partial charge is 0.481 e. The summed E-state index contributed by atoms with van der Waals surface area (Å²) in [7, 11) is 0. The Bertz CT molecular complexity index is 448. The lowest BCUT2D eigenvalue weighted by Gasteiger charge is -2.09. The van der Waals surface area contributed by atoms with Crippen molar-refractivity contribution >= 4 is 35.1 Å². The molecule has 4 nitrogen and oxygen atoms in total. The zero-order chi connectivity index (χ0) is 13.0. The summed E-state index contributed by atoms with van der Waals surface area (Å²) in [5.41, 5.74) is 0.682. The summed E-state index contributed by atoms with van der Waals surface area (Å²) < 4.78 is 0. The van der Waals surface area contributed by atoms with Gasteiger partial charge in [0.2, 0.25) is 5.91 Å². The molecule has 0 bridgehead atoms. The number of benzene rings is 1. The number of carbonyl (C=O) groups is 2. The highest BCUT2D eigenvalue weighted by atomic mass is 35.5. The second-order valence-electron chi connectivity index (χ2n) is 3.51. The Kier molecular flexibility index (Phi) is 4.78. The minimum Gasteiger partial charge on any atom is -0.481 e. The molecule has 1 rings (SSSR count). The monoisotopic (exact) mass is 275 g/mol. The molecule has 0 radical (unpaired) electrons. The van der Waals surface area contributed by atoms with Crippen LogP contribution in [0.25, 0.3) is 0 Å². The van der Waals surface area contributed by atoms with Gasteiger partial charge >= 0.3 is 5.97 Å². The molecule has 0 spiro atoms. The molecule has 1 unspecified atom stereocenters. The molecule has 92 valence electrons. The van der Waals surface area contributed by atoms with Crippen LogP contribution in [0.3, 0.4) is 0 Å². The Balaban J connectivity index is 2.62. The van der Waals surface area contributed by atoms with Crippen LogP contribution >= 0.6 is 23.2 Å². The fourth-order valence-electron chi connectivity index (χ4n) is 1.11. The maximum atomic E-state index is 11.4. The van der Waals surface area contributed by atoms with E-state index in [1.54, 1.807) is 18.2 Å². The average molecular weight is 276 g/mol. The summed E-state index contributed by atoms with van der Waals surface area (Å²) in [5, 5.41) is 12.1. The van der Waals surface area contributed by atoms with Crippen LogP contribution in [0.4, 0.5) is 0 Å². The van der Waals surface area contributed by atoms with E-state index in [0.717, 1.165) is 0 Å². The van der Waals surface area contributed by atoms with Crippen molar-refractivity contribution in [2.45, 2.75) is 13.5 Å². The van der Waals surface area contributed by atoms with E-state index >= 15 is 0 Å². The fourth-order valence-corrected chi connectivity index (χ4v) is 1.59. The number of amides is 1. The molecule has 0 aliphatic rings. The van der Waals surface area contributed by atoms with Crippen molar-refractivity contribution in [2.75, 3.05) is 0 Å². The minimum absolute atomic E-state index is 0.173. The number of halogens is 2. The zero-order valence-corrected chi connectivity index (χ0v) is 10.5. The molecule has 0 heterocycles. The number of carboxylic acids is 1. The number of nitrogens with one attached hydrogen (secondary N) is 1. The van der Waals surface area contributed by atoms with Crippen molar-refractivity contribution in [2.24, 2.45) is 5.92 Å². The topological polar surface area (TPSA) is 66.4 Å². The molecule has 0 aliphatic carbocycles. The van der Waals surface area contributed by atoms with Crippen molar-refractivity contribution in [3.8, 4) is 0 Å². The third-order valence-corrected chi connectivity index (χ3v) is 2.82. The van der Waals surface area contributed by atoms with Crippen LogP contribution in [0, 0.1) is 5.92 Å². The van der Waals surface area contributed by atoms with Crippen LogP contribution in [0.1, 0.15) is 12.5 Å². The Morgan fingerprint density at radius 2 is 2.06 bits per heavy atom. The predicted molar refractivity (Wildman–Crippen MR) is 65.1 cm³/mol. The lowest BCUT2D eigenvalue weighted by Crippen LogP contribution is -2.33. The van der Waals surface area contributed by atoms with Gasteiger partial charge in [-0.3, -0.25) is 9.59 Å². The van der Waals surface area contributed by atoms with Crippen LogP contribution in [-0.4, -0.2) is 17.0 Å². The van der Waals surface area contributed by atoms with Gasteiger partial charge in [0.1, 0.15) is 5.92 Å². The molecule has 17 heavy (non-hydrogen) atoms. The molecular formula is C11H11Cl2NO3. The van der Waals surface area contributed by atoms with Crippen LogP contribution < -0.4 is 5.32 Å². The molecule has 0 aliphatic heterocycles. The quantitative estimate of drug-likeness (QED) is 0.829. The van der Waals surface area contributed by atoms with Gasteiger partial charge in [-0.15, -0.1) is 0 Å². The van der Waals surface area contributed by atoms with Gasteiger partial charge in [-0.2, -0.15) is 0 Å². The van der Waals surface area contributed by atoms with Crippen molar-refractivity contribution in [3.05, 3.63) is 33.8 Å². The fraction of sp³-hybridized carbons (Fsp3) is 0.273. The van der Waals surface area contributed by atoms with Crippen molar-refractivity contribution in [1.29, 1.82) is 0 Å². The molecule has 0 saturated carbocycles. The van der Waals surface area contributed by atoms with E-state index in [4.69, 9.17) is 28.3 Å². The van der Waals surface area contributed by atoms with E-state index in [0.29, 0.717) is 15.6 Å². The van der Waals surface area contributed by atoms with Crippen molar-refractivity contribution < 1.29 is 14.7 Å². The molecule has 1 atom stereocenters. The standard InChI is InChI=1S/C11H11Cl2NO3/c1-6(11(16)17)10(15)14-5-7-2-3-8(12)4-9(7)13/h2-4,6H,5H2,1H3,(H,14,15)(H,16,17). The van der Waals surface area contributed by atoms with E-state index in [1.807, 2.05) is 0 Å². The van der Waals surface area contributed by atoms with Gasteiger partial charge in [0, 0.05) is 16.6 Å². The first-order valence-electron chi connectivity index (χ1n) is 4.86. The third-order valence-electron chi connectivity index (χ3n) is 2.23. The first-order chi connectivity index (χ1) is 7.91. The Morgan fingerprint density at radius 1 is 1.41 bits per heavy atom. The summed E-state index contributed by atoms with van der Waals surface area (Å²) >= 11 is 11.6. The van der Waals surface area contributed by atoms with Gasteiger partial charge in [-0.25, -0.2) is 0 Å². The van der Waals surface area contributed by atoms with Crippen molar-refractivity contribution in [1.82, 2.24) is 5.32 Å². The molecule has 1 aromatic rings. The lowest BCUT2D eigenvalue weighted by atomic mass is 10.1. The minimum atomic E-state index is -1.16. The first-order valence-corrected chi connectivity index (χ1v) is 5.62. The summed E-state index contributed by atoms with van der Waals surface area (Å²) in [6.07, 6.45) is 0. The molecule has 1 aromatic carbocycles. The van der Waals surface area contributed by atoms with Crippen LogP contribution in [0.2, 0.25) is 10.0 Å². The van der Waals surface area contributed by atoms with E-state index < -0.39 is 17.8 Å². The second kappa shape index (κ2) is 5.89. The van der Waals surface area contributed by atoms with Gasteiger partial charge in [0.15, 0.2) is 0 Å². The van der Waals surface area contributed by atoms with Gasteiger partial charge in [0.05, 0.1) is 0 Å². The smallest absolute Gasteiger partial charge is 0.315 e. The van der Waals surface area contributed by atoms with Gasteiger partial charge < -0.3 is 10.4 Å². The maximum absolute atomic E-state index is 11.4. The van der Waals surface area contributed by atoms with E-state index in [1.165, 1.54) is 6.92 Å². The molecular weight excluding hydrogens is 265 g/mol. The van der Waals surface area contributed by atoms with E-state index in [9.17, 15) is 9.59 Å². The van der Waals surface area contributed by atoms with Crippen LogP contribution in [-0.2, 0) is 16.1 Å². The van der Waals surface area contributed by atoms with Gasteiger partial charge in [-0.05, 0) is 24.6 Å². The van der Waals surface area contributed by atoms with E-state index in [2.05, 4.69) is 5.32 Å². The predicted octanol–water partition coefficient (Wildman–Crippen LogP) is 2.33. The molecule has 1 amide bonds. The molecule has 6 heteroatoms. The highest BCUT2D eigenvalue weighted by molar-refractivity contribution is 6.35. The Hall–Kier alpha value is -1.26. The number of carbonyl (C=O) groups excluding carboxylic acids is 1. The second-order valence-corrected chi connectivity index (χ2v) is 4.36. The molecule has 0 saturated heterocycles. The lowest BCUT2D eigenvalue weighted by molar-refractivity contribution is -0.146. The van der Waals surface area contributed by atoms with Crippen molar-refractivity contribution in [3.63, 3.8) is 0 Å². The number of aliphatic carboxylic acids is 1. The Morgan fingerprint density at radius 3 is 2.59 bits per heavy atom. The maximum Gasteiger partial charge on any atom is 0.315 e.